The van der Waals surface area contributed by atoms with Gasteiger partial charge in [0.05, 0.1) is 0 Å². The Morgan fingerprint density at radius 3 is 2.47 bits per heavy atom. The van der Waals surface area contributed by atoms with Gasteiger partial charge in [-0.3, -0.25) is 0 Å². The smallest absolute Gasteiger partial charge is 0.134 e. The molecule has 0 unspecified atom stereocenters. The normalized spacial score (nSPS) is 10.9. The summed E-state index contributed by atoms with van der Waals surface area (Å²) in [6.07, 6.45) is 1.17. The lowest BCUT2D eigenvalue weighted by molar-refractivity contribution is 0.748. The highest BCUT2D eigenvalue weighted by Crippen LogP contribution is 2.27. The lowest BCUT2D eigenvalue weighted by Gasteiger charge is -2.14. The molecule has 1 aromatic heterocycles. The van der Waals surface area contributed by atoms with Gasteiger partial charge in [0, 0.05) is 18.0 Å². The Morgan fingerprint density at radius 2 is 1.94 bits per heavy atom. The molecule has 0 saturated heterocycles. The Balaban J connectivity index is 3.08. The van der Waals surface area contributed by atoms with E-state index in [1.165, 1.54) is 12.0 Å². The van der Waals surface area contributed by atoms with Crippen LogP contribution in [0.5, 0.6) is 0 Å². The van der Waals surface area contributed by atoms with Gasteiger partial charge in [0.2, 0.25) is 0 Å². The molecule has 0 saturated carbocycles. The van der Waals surface area contributed by atoms with E-state index >= 15 is 0 Å². The molecule has 0 aliphatic heterocycles. The predicted molar refractivity (Wildman–Crippen MR) is 76.0 cm³/mol. The van der Waals surface area contributed by atoms with Crippen LogP contribution in [-0.2, 0) is 0 Å². The van der Waals surface area contributed by atoms with Crippen LogP contribution in [0.25, 0.3) is 0 Å². The Kier molecular flexibility index (Phi) is 5.75. The number of anilines is 1. The van der Waals surface area contributed by atoms with E-state index in [-0.39, 0.29) is 0 Å². The molecular formula is C13H23N3S. The summed E-state index contributed by atoms with van der Waals surface area (Å²) >= 11 is 1.83. The lowest BCUT2D eigenvalue weighted by atomic mass is 10.2. The van der Waals surface area contributed by atoms with E-state index in [9.17, 15) is 0 Å². The Labute approximate surface area is 109 Å². The molecule has 0 aromatic carbocycles. The molecule has 4 heteroatoms. The van der Waals surface area contributed by atoms with E-state index in [0.717, 1.165) is 29.0 Å². The highest BCUT2D eigenvalue weighted by molar-refractivity contribution is 7.99. The Bertz CT molecular complexity index is 364. The van der Waals surface area contributed by atoms with Crippen molar-refractivity contribution in [1.82, 2.24) is 9.97 Å². The average Bonchev–Trinajstić information content (AvgIpc) is 2.30. The fourth-order valence-corrected chi connectivity index (χ4v) is 2.32. The van der Waals surface area contributed by atoms with Gasteiger partial charge in [-0.2, -0.15) is 0 Å². The first kappa shape index (κ1) is 14.3. The van der Waals surface area contributed by atoms with Gasteiger partial charge in [-0.1, -0.05) is 20.8 Å². The summed E-state index contributed by atoms with van der Waals surface area (Å²) in [5.41, 5.74) is 1.18. The van der Waals surface area contributed by atoms with Crippen molar-refractivity contribution in [3.05, 3.63) is 11.4 Å². The number of aromatic nitrogens is 2. The number of thioether (sulfide) groups is 1. The van der Waals surface area contributed by atoms with E-state index < -0.39 is 0 Å². The molecule has 0 amide bonds. The first-order valence-corrected chi connectivity index (χ1v) is 7.33. The third kappa shape index (κ3) is 3.87. The molecule has 0 aliphatic rings. The maximum absolute atomic E-state index is 4.66. The van der Waals surface area contributed by atoms with Crippen LogP contribution < -0.4 is 5.32 Å². The van der Waals surface area contributed by atoms with Crippen LogP contribution in [0.3, 0.4) is 0 Å². The zero-order valence-electron chi connectivity index (χ0n) is 11.5. The second kappa shape index (κ2) is 6.84. The minimum atomic E-state index is 0.369. The molecule has 0 radical (unpaired) electrons. The van der Waals surface area contributed by atoms with Gasteiger partial charge in [0.1, 0.15) is 16.7 Å². The molecule has 1 N–H and O–H groups in total. The maximum Gasteiger partial charge on any atom is 0.134 e. The summed E-state index contributed by atoms with van der Waals surface area (Å²) in [7, 11) is 0. The van der Waals surface area contributed by atoms with Crippen LogP contribution in [0.15, 0.2) is 5.03 Å². The van der Waals surface area contributed by atoms with Crippen molar-refractivity contribution < 1.29 is 0 Å². The van der Waals surface area contributed by atoms with Crippen LogP contribution in [0, 0.1) is 6.92 Å². The molecule has 1 heterocycles. The van der Waals surface area contributed by atoms with Gasteiger partial charge < -0.3 is 5.32 Å². The van der Waals surface area contributed by atoms with E-state index in [1.54, 1.807) is 0 Å². The number of rotatable bonds is 6. The molecule has 0 bridgehead atoms. The van der Waals surface area contributed by atoms with Gasteiger partial charge in [-0.05, 0) is 26.0 Å². The van der Waals surface area contributed by atoms with Gasteiger partial charge in [0.25, 0.3) is 0 Å². The molecule has 3 nitrogen and oxygen atoms in total. The van der Waals surface area contributed by atoms with Gasteiger partial charge in [0.15, 0.2) is 0 Å². The quantitative estimate of drug-likeness (QED) is 0.617. The van der Waals surface area contributed by atoms with Crippen molar-refractivity contribution in [2.24, 2.45) is 0 Å². The van der Waals surface area contributed by atoms with E-state index in [0.29, 0.717) is 5.92 Å². The molecule has 0 atom stereocenters. The van der Waals surface area contributed by atoms with Crippen LogP contribution in [0.1, 0.15) is 51.4 Å². The number of hydrogen-bond donors (Lipinski definition) is 1. The van der Waals surface area contributed by atoms with Crippen molar-refractivity contribution in [3.63, 3.8) is 0 Å². The highest BCUT2D eigenvalue weighted by Gasteiger charge is 2.12. The van der Waals surface area contributed by atoms with Gasteiger partial charge >= 0.3 is 0 Å². The minimum Gasteiger partial charge on any atom is -0.370 e. The van der Waals surface area contributed by atoms with Gasteiger partial charge in [-0.15, -0.1) is 11.8 Å². The monoisotopic (exact) mass is 253 g/mol. The fraction of sp³-hybridized carbons (Fsp3) is 0.692. The molecule has 0 fully saturated rings. The second-order valence-electron chi connectivity index (χ2n) is 4.39. The maximum atomic E-state index is 4.66. The third-order valence-corrected chi connectivity index (χ3v) is 3.71. The van der Waals surface area contributed by atoms with Crippen LogP contribution >= 0.6 is 11.8 Å². The standard InChI is InChI=1S/C13H23N3S/c1-6-8-17-13-10(5)12(14-7-2)15-11(16-13)9(3)4/h9H,6-8H2,1-5H3,(H,14,15,16). The first-order valence-electron chi connectivity index (χ1n) is 6.35. The molecule has 0 aliphatic carbocycles. The first-order chi connectivity index (χ1) is 8.10. The van der Waals surface area contributed by atoms with E-state index in [2.05, 4.69) is 49.9 Å². The molecule has 17 heavy (non-hydrogen) atoms. The zero-order valence-corrected chi connectivity index (χ0v) is 12.3. The van der Waals surface area contributed by atoms with Crippen molar-refractivity contribution in [3.8, 4) is 0 Å². The van der Waals surface area contributed by atoms with Crippen molar-refractivity contribution >= 4 is 17.6 Å². The van der Waals surface area contributed by atoms with Crippen LogP contribution in [0.4, 0.5) is 5.82 Å². The zero-order chi connectivity index (χ0) is 12.8. The van der Waals surface area contributed by atoms with Crippen molar-refractivity contribution in [1.29, 1.82) is 0 Å². The second-order valence-corrected chi connectivity index (χ2v) is 5.48. The predicted octanol–water partition coefficient (Wildman–Crippen LogP) is 3.84. The fourth-order valence-electron chi connectivity index (χ4n) is 1.45. The molecule has 1 rings (SSSR count). The molecule has 96 valence electrons. The largest absolute Gasteiger partial charge is 0.370 e. The number of nitrogens with zero attached hydrogens (tertiary/aromatic N) is 2. The minimum absolute atomic E-state index is 0.369. The van der Waals surface area contributed by atoms with Gasteiger partial charge in [-0.25, -0.2) is 9.97 Å². The average molecular weight is 253 g/mol. The van der Waals surface area contributed by atoms with Crippen molar-refractivity contribution in [2.45, 2.75) is 52.0 Å². The summed E-state index contributed by atoms with van der Waals surface area (Å²) in [5, 5.41) is 4.45. The topological polar surface area (TPSA) is 37.8 Å². The van der Waals surface area contributed by atoms with Crippen molar-refractivity contribution in [2.75, 3.05) is 17.6 Å². The molecule has 0 spiro atoms. The number of hydrogen-bond acceptors (Lipinski definition) is 4. The SMILES string of the molecule is CCCSc1nc(C(C)C)nc(NCC)c1C. The lowest BCUT2D eigenvalue weighted by Crippen LogP contribution is -2.08. The Hall–Kier alpha value is -0.770. The number of nitrogens with one attached hydrogen (secondary N) is 1. The summed E-state index contributed by atoms with van der Waals surface area (Å²) in [6.45, 7) is 11.5. The summed E-state index contributed by atoms with van der Waals surface area (Å²) < 4.78 is 0. The van der Waals surface area contributed by atoms with E-state index in [4.69, 9.17) is 0 Å². The van der Waals surface area contributed by atoms with E-state index in [1.807, 2.05) is 11.8 Å². The van der Waals surface area contributed by atoms with Crippen LogP contribution in [-0.4, -0.2) is 22.3 Å². The molecular weight excluding hydrogens is 230 g/mol. The Morgan fingerprint density at radius 1 is 1.24 bits per heavy atom. The van der Waals surface area contributed by atoms with Crippen LogP contribution in [0.2, 0.25) is 0 Å². The summed E-state index contributed by atoms with van der Waals surface area (Å²) in [5.74, 6) is 3.41. The highest BCUT2D eigenvalue weighted by atomic mass is 32.2. The summed E-state index contributed by atoms with van der Waals surface area (Å²) in [6, 6.07) is 0. The third-order valence-electron chi connectivity index (χ3n) is 2.42. The summed E-state index contributed by atoms with van der Waals surface area (Å²) in [4.78, 5) is 9.26. The molecule has 1 aromatic rings.